The number of anilines is 1. The number of carbonyl (C=O) groups is 1. The first-order valence-electron chi connectivity index (χ1n) is 10.1. The predicted molar refractivity (Wildman–Crippen MR) is 108 cm³/mol. The molecule has 12 heteroatoms. The number of aromatic nitrogens is 3. The van der Waals surface area contributed by atoms with Gasteiger partial charge in [-0.1, -0.05) is 17.4 Å². The van der Waals surface area contributed by atoms with Gasteiger partial charge in [-0.3, -0.25) is 5.32 Å². The van der Waals surface area contributed by atoms with Gasteiger partial charge in [0.15, 0.2) is 0 Å². The molecule has 2 aromatic rings. The lowest BCUT2D eigenvalue weighted by atomic mass is 10.1. The summed E-state index contributed by atoms with van der Waals surface area (Å²) in [5.74, 6) is 1.44. The summed E-state index contributed by atoms with van der Waals surface area (Å²) in [5.41, 5.74) is 0.731. The molecular formula is C19H23F3N6O2S. The van der Waals surface area contributed by atoms with E-state index in [1.807, 2.05) is 0 Å². The van der Waals surface area contributed by atoms with Crippen molar-refractivity contribution < 1.29 is 22.7 Å². The number of amides is 2. The first kappa shape index (κ1) is 21.8. The molecule has 0 unspecified atom stereocenters. The van der Waals surface area contributed by atoms with Crippen molar-refractivity contribution in [2.24, 2.45) is 5.92 Å². The fraction of sp³-hybridized carbons (Fsp3) is 0.579. The molecule has 2 amide bonds. The van der Waals surface area contributed by atoms with Gasteiger partial charge in [0, 0.05) is 38.4 Å². The zero-order valence-electron chi connectivity index (χ0n) is 16.7. The molecule has 2 aromatic heterocycles. The van der Waals surface area contributed by atoms with Gasteiger partial charge in [-0.25, -0.2) is 9.78 Å². The Bertz CT molecular complexity index is 880. The molecule has 0 radical (unpaired) electrons. The van der Waals surface area contributed by atoms with Gasteiger partial charge in [0.2, 0.25) is 16.0 Å². The number of carbonyl (C=O) groups excluding carboxylic acids is 1. The lowest BCUT2D eigenvalue weighted by Crippen LogP contribution is -2.39. The number of hydrogen-bond acceptors (Lipinski definition) is 7. The molecule has 1 saturated carbocycles. The Morgan fingerprint density at radius 3 is 2.58 bits per heavy atom. The standard InChI is InChI=1S/C19H23F3N6O2S/c20-19(21,22)16-26-27-18(31-16)25-17(29)24-10-13-3-4-15(23-9-13)30-14-5-7-28(8-6-14)11-12-1-2-12/h3-4,9,12,14H,1-2,5-8,10-11H2,(H2,24,25,27,29). The van der Waals surface area contributed by atoms with Crippen molar-refractivity contribution in [1.82, 2.24) is 25.4 Å². The highest BCUT2D eigenvalue weighted by atomic mass is 32.1. The molecule has 168 valence electrons. The van der Waals surface area contributed by atoms with Crippen molar-refractivity contribution in [3.63, 3.8) is 0 Å². The van der Waals surface area contributed by atoms with Crippen LogP contribution in [0.3, 0.4) is 0 Å². The summed E-state index contributed by atoms with van der Waals surface area (Å²) in [6, 6.07) is 2.87. The van der Waals surface area contributed by atoms with E-state index in [0.29, 0.717) is 5.88 Å². The number of urea groups is 1. The molecule has 0 spiro atoms. The quantitative estimate of drug-likeness (QED) is 0.662. The maximum atomic E-state index is 12.5. The largest absolute Gasteiger partial charge is 0.474 e. The first-order chi connectivity index (χ1) is 14.8. The van der Waals surface area contributed by atoms with Crippen molar-refractivity contribution in [2.45, 2.75) is 44.5 Å². The highest BCUT2D eigenvalue weighted by Gasteiger charge is 2.35. The molecule has 1 aliphatic heterocycles. The number of piperidine rings is 1. The minimum atomic E-state index is -4.59. The van der Waals surface area contributed by atoms with E-state index in [2.05, 4.69) is 30.7 Å². The Morgan fingerprint density at radius 1 is 1.19 bits per heavy atom. The van der Waals surface area contributed by atoms with Gasteiger partial charge in [0.05, 0.1) is 0 Å². The minimum absolute atomic E-state index is 0.156. The number of alkyl halides is 3. The number of ether oxygens (including phenoxy) is 1. The number of nitrogens with zero attached hydrogens (tertiary/aromatic N) is 4. The lowest BCUT2D eigenvalue weighted by Gasteiger charge is -2.31. The van der Waals surface area contributed by atoms with Crippen LogP contribution in [0.4, 0.5) is 23.1 Å². The molecule has 0 bridgehead atoms. The molecule has 0 atom stereocenters. The average molecular weight is 456 g/mol. The zero-order valence-corrected chi connectivity index (χ0v) is 17.5. The Labute approximate surface area is 181 Å². The second kappa shape index (κ2) is 9.35. The maximum absolute atomic E-state index is 12.5. The van der Waals surface area contributed by atoms with E-state index in [1.165, 1.54) is 19.4 Å². The summed E-state index contributed by atoms with van der Waals surface area (Å²) >= 11 is 0.263. The van der Waals surface area contributed by atoms with Crippen LogP contribution >= 0.6 is 11.3 Å². The molecule has 2 aliphatic rings. The van der Waals surface area contributed by atoms with Crippen LogP contribution in [0, 0.1) is 5.92 Å². The lowest BCUT2D eigenvalue weighted by molar-refractivity contribution is -0.138. The summed E-state index contributed by atoms with van der Waals surface area (Å²) < 4.78 is 43.5. The van der Waals surface area contributed by atoms with E-state index in [1.54, 1.807) is 18.3 Å². The van der Waals surface area contributed by atoms with Crippen molar-refractivity contribution in [3.8, 4) is 5.88 Å². The number of likely N-dealkylation sites (tertiary alicyclic amines) is 1. The van der Waals surface area contributed by atoms with Crippen molar-refractivity contribution >= 4 is 22.5 Å². The molecule has 2 fully saturated rings. The summed E-state index contributed by atoms with van der Waals surface area (Å²) in [5, 5.41) is 9.76. The summed E-state index contributed by atoms with van der Waals surface area (Å²) in [4.78, 5) is 18.7. The molecule has 1 saturated heterocycles. The molecule has 31 heavy (non-hydrogen) atoms. The monoisotopic (exact) mass is 456 g/mol. The Kier molecular flexibility index (Phi) is 6.56. The highest BCUT2D eigenvalue weighted by molar-refractivity contribution is 7.15. The third kappa shape index (κ3) is 6.50. The minimum Gasteiger partial charge on any atom is -0.474 e. The number of hydrogen-bond donors (Lipinski definition) is 2. The van der Waals surface area contributed by atoms with Crippen molar-refractivity contribution in [1.29, 1.82) is 0 Å². The van der Waals surface area contributed by atoms with Gasteiger partial charge in [-0.15, -0.1) is 10.2 Å². The molecular weight excluding hydrogens is 433 g/mol. The van der Waals surface area contributed by atoms with Gasteiger partial charge in [-0.05, 0) is 37.2 Å². The number of halogens is 3. The highest BCUT2D eigenvalue weighted by Crippen LogP contribution is 2.33. The van der Waals surface area contributed by atoms with E-state index >= 15 is 0 Å². The second-order valence-electron chi connectivity index (χ2n) is 7.78. The van der Waals surface area contributed by atoms with Crippen LogP contribution in [0.2, 0.25) is 0 Å². The number of nitrogens with one attached hydrogen (secondary N) is 2. The summed E-state index contributed by atoms with van der Waals surface area (Å²) in [6.07, 6.45) is 1.88. The fourth-order valence-electron chi connectivity index (χ4n) is 3.34. The number of rotatable bonds is 7. The molecule has 3 heterocycles. The smallest absolute Gasteiger partial charge is 0.445 e. The summed E-state index contributed by atoms with van der Waals surface area (Å²) in [7, 11) is 0. The van der Waals surface area contributed by atoms with Crippen LogP contribution in [0.1, 0.15) is 36.3 Å². The van der Waals surface area contributed by atoms with Gasteiger partial charge in [0.1, 0.15) is 6.10 Å². The average Bonchev–Trinajstić information content (AvgIpc) is 3.42. The van der Waals surface area contributed by atoms with Crippen LogP contribution in [0.25, 0.3) is 0 Å². The van der Waals surface area contributed by atoms with E-state index in [-0.39, 0.29) is 29.1 Å². The first-order valence-corrected chi connectivity index (χ1v) is 11.0. The van der Waals surface area contributed by atoms with Crippen molar-refractivity contribution in [3.05, 3.63) is 28.9 Å². The van der Waals surface area contributed by atoms with Crippen molar-refractivity contribution in [2.75, 3.05) is 25.0 Å². The van der Waals surface area contributed by atoms with Crippen LogP contribution in [-0.2, 0) is 12.7 Å². The van der Waals surface area contributed by atoms with E-state index in [4.69, 9.17) is 4.74 Å². The summed E-state index contributed by atoms with van der Waals surface area (Å²) in [6.45, 7) is 3.47. The normalized spacial score (nSPS) is 18.0. The van der Waals surface area contributed by atoms with Crippen LogP contribution in [0.5, 0.6) is 5.88 Å². The Balaban J connectivity index is 1.18. The van der Waals surface area contributed by atoms with Crippen LogP contribution in [0.15, 0.2) is 18.3 Å². The van der Waals surface area contributed by atoms with E-state index in [0.717, 1.165) is 37.4 Å². The van der Waals surface area contributed by atoms with E-state index in [9.17, 15) is 18.0 Å². The van der Waals surface area contributed by atoms with Gasteiger partial charge >= 0.3 is 12.2 Å². The van der Waals surface area contributed by atoms with Crippen LogP contribution in [-0.4, -0.2) is 51.9 Å². The Hall–Kier alpha value is -2.47. The van der Waals surface area contributed by atoms with E-state index < -0.39 is 17.2 Å². The second-order valence-corrected chi connectivity index (χ2v) is 8.76. The van der Waals surface area contributed by atoms with Gasteiger partial charge < -0.3 is 15.0 Å². The van der Waals surface area contributed by atoms with Gasteiger partial charge in [-0.2, -0.15) is 13.2 Å². The molecule has 0 aromatic carbocycles. The van der Waals surface area contributed by atoms with Crippen LogP contribution < -0.4 is 15.4 Å². The molecule has 2 N–H and O–H groups in total. The SMILES string of the molecule is O=C(NCc1ccc(OC2CCN(CC3CC3)CC2)nc1)Nc1nnc(C(F)(F)F)s1. The topological polar surface area (TPSA) is 92.3 Å². The predicted octanol–water partition coefficient (Wildman–Crippen LogP) is 3.53. The molecule has 4 rings (SSSR count). The zero-order chi connectivity index (χ0) is 21.8. The third-order valence-corrected chi connectivity index (χ3v) is 6.06. The fourth-order valence-corrected chi connectivity index (χ4v) is 3.95. The third-order valence-electron chi connectivity index (χ3n) is 5.17. The molecule has 1 aliphatic carbocycles. The number of pyridine rings is 1. The maximum Gasteiger partial charge on any atom is 0.445 e. The van der Waals surface area contributed by atoms with Gasteiger partial charge in [0.25, 0.3) is 0 Å². The molecule has 8 nitrogen and oxygen atoms in total. The Morgan fingerprint density at radius 2 is 1.97 bits per heavy atom.